The molecule has 2 unspecified atom stereocenters. The maximum atomic E-state index is 5.74. The van der Waals surface area contributed by atoms with Gasteiger partial charge in [-0.1, -0.05) is 19.3 Å². The largest absolute Gasteiger partial charge is 0.363 e. The zero-order valence-corrected chi connectivity index (χ0v) is 9.54. The third kappa shape index (κ3) is 2.29. The van der Waals surface area contributed by atoms with E-state index in [1.807, 2.05) is 0 Å². The van der Waals surface area contributed by atoms with Crippen LogP contribution in [-0.2, 0) is 4.74 Å². The van der Waals surface area contributed by atoms with E-state index in [0.717, 1.165) is 18.8 Å². The van der Waals surface area contributed by atoms with Crippen LogP contribution >= 0.6 is 0 Å². The van der Waals surface area contributed by atoms with Gasteiger partial charge in [-0.25, -0.2) is 0 Å². The first-order valence-corrected chi connectivity index (χ1v) is 6.14. The van der Waals surface area contributed by atoms with Gasteiger partial charge in [0.2, 0.25) is 0 Å². The molecule has 2 fully saturated rings. The number of nitrogens with zero attached hydrogens (tertiary/aromatic N) is 1. The van der Waals surface area contributed by atoms with Crippen molar-refractivity contribution in [2.75, 3.05) is 6.73 Å². The van der Waals surface area contributed by atoms with E-state index in [4.69, 9.17) is 4.74 Å². The molecule has 82 valence electrons. The molecule has 14 heavy (non-hydrogen) atoms. The van der Waals surface area contributed by atoms with Crippen molar-refractivity contribution in [3.05, 3.63) is 0 Å². The zero-order valence-electron chi connectivity index (χ0n) is 9.54. The zero-order chi connectivity index (χ0) is 9.97. The van der Waals surface area contributed by atoms with E-state index in [2.05, 4.69) is 18.7 Å². The van der Waals surface area contributed by atoms with E-state index < -0.39 is 0 Å². The van der Waals surface area contributed by atoms with Gasteiger partial charge in [-0.05, 0) is 33.1 Å². The summed E-state index contributed by atoms with van der Waals surface area (Å²) in [4.78, 5) is 2.58. The molecule has 2 rings (SSSR count). The highest BCUT2D eigenvalue weighted by Crippen LogP contribution is 2.27. The van der Waals surface area contributed by atoms with Gasteiger partial charge in [0.15, 0.2) is 0 Å². The average molecular weight is 197 g/mol. The van der Waals surface area contributed by atoms with Crippen LogP contribution in [-0.4, -0.2) is 29.8 Å². The van der Waals surface area contributed by atoms with Crippen LogP contribution in [0.1, 0.15) is 52.4 Å². The lowest BCUT2D eigenvalue weighted by Gasteiger charge is -2.42. The fraction of sp³-hybridized carbons (Fsp3) is 1.00. The van der Waals surface area contributed by atoms with Gasteiger partial charge in [-0.3, -0.25) is 4.90 Å². The molecule has 0 radical (unpaired) electrons. The van der Waals surface area contributed by atoms with Gasteiger partial charge in [-0.2, -0.15) is 0 Å². The maximum Gasteiger partial charge on any atom is 0.0998 e. The lowest BCUT2D eigenvalue weighted by atomic mass is 9.92. The molecule has 1 heterocycles. The number of hydrogen-bond acceptors (Lipinski definition) is 2. The summed E-state index contributed by atoms with van der Waals surface area (Å²) in [7, 11) is 0. The molecule has 1 aliphatic heterocycles. The molecule has 1 saturated heterocycles. The number of ether oxygens (including phenoxy) is 1. The molecule has 2 nitrogen and oxygen atoms in total. The Morgan fingerprint density at radius 3 is 2.43 bits per heavy atom. The predicted molar refractivity (Wildman–Crippen MR) is 58.2 cm³/mol. The first-order chi connectivity index (χ1) is 6.77. The molecule has 2 aliphatic rings. The summed E-state index contributed by atoms with van der Waals surface area (Å²) in [5.74, 6) is 0. The summed E-state index contributed by atoms with van der Waals surface area (Å²) in [5.41, 5.74) is 0. The average Bonchev–Trinajstić information content (AvgIpc) is 2.19. The molecule has 0 aromatic carbocycles. The lowest BCUT2D eigenvalue weighted by Crippen LogP contribution is -2.49. The summed E-state index contributed by atoms with van der Waals surface area (Å²) in [6.45, 7) is 5.41. The van der Waals surface area contributed by atoms with Gasteiger partial charge in [0.05, 0.1) is 12.8 Å². The molecule has 1 saturated carbocycles. The summed E-state index contributed by atoms with van der Waals surface area (Å²) in [5, 5.41) is 0. The maximum absolute atomic E-state index is 5.74. The fourth-order valence-electron chi connectivity index (χ4n) is 2.90. The molecular formula is C12H23NO. The van der Waals surface area contributed by atoms with Crippen molar-refractivity contribution >= 4 is 0 Å². The van der Waals surface area contributed by atoms with Crippen molar-refractivity contribution in [2.24, 2.45) is 0 Å². The highest BCUT2D eigenvalue weighted by Gasteiger charge is 2.29. The normalized spacial score (nSPS) is 37.3. The summed E-state index contributed by atoms with van der Waals surface area (Å²) >= 11 is 0. The molecular weight excluding hydrogens is 174 g/mol. The monoisotopic (exact) mass is 197 g/mol. The van der Waals surface area contributed by atoms with Gasteiger partial charge >= 0.3 is 0 Å². The molecule has 2 heteroatoms. The van der Waals surface area contributed by atoms with Gasteiger partial charge in [0.25, 0.3) is 0 Å². The first kappa shape index (κ1) is 10.4. The molecule has 0 amide bonds. The van der Waals surface area contributed by atoms with E-state index in [-0.39, 0.29) is 0 Å². The summed E-state index contributed by atoms with van der Waals surface area (Å²) in [6, 6.07) is 1.54. The van der Waals surface area contributed by atoms with Gasteiger partial charge in [0.1, 0.15) is 0 Å². The van der Waals surface area contributed by atoms with Crippen LogP contribution in [0.25, 0.3) is 0 Å². The minimum atomic E-state index is 0.463. The topological polar surface area (TPSA) is 12.5 Å². The van der Waals surface area contributed by atoms with Crippen molar-refractivity contribution < 1.29 is 4.74 Å². The number of rotatable bonds is 1. The van der Waals surface area contributed by atoms with Crippen LogP contribution < -0.4 is 0 Å². The van der Waals surface area contributed by atoms with E-state index in [0.29, 0.717) is 6.10 Å². The minimum Gasteiger partial charge on any atom is -0.363 e. The van der Waals surface area contributed by atoms with E-state index >= 15 is 0 Å². The number of hydrogen-bond donors (Lipinski definition) is 0. The molecule has 2 atom stereocenters. The SMILES string of the molecule is CC1CC(C)N(C2CCCCC2)CO1. The Hall–Kier alpha value is -0.0800. The van der Waals surface area contributed by atoms with E-state index in [9.17, 15) is 0 Å². The Bertz CT molecular complexity index is 177. The van der Waals surface area contributed by atoms with Gasteiger partial charge in [-0.15, -0.1) is 0 Å². The molecule has 0 aromatic heterocycles. The standard InChI is InChI=1S/C12H23NO/c1-10-8-11(2)14-9-13(10)12-6-4-3-5-7-12/h10-12H,3-9H2,1-2H3. The van der Waals surface area contributed by atoms with Crippen molar-refractivity contribution in [2.45, 2.75) is 70.6 Å². The highest BCUT2D eigenvalue weighted by molar-refractivity contribution is 4.81. The lowest BCUT2D eigenvalue weighted by molar-refractivity contribution is -0.107. The third-order valence-corrected chi connectivity index (χ3v) is 3.79. The van der Waals surface area contributed by atoms with Crippen LogP contribution in [0.3, 0.4) is 0 Å². The van der Waals surface area contributed by atoms with E-state index in [1.165, 1.54) is 38.5 Å². The van der Waals surface area contributed by atoms with E-state index in [1.54, 1.807) is 0 Å². The smallest absolute Gasteiger partial charge is 0.0998 e. The third-order valence-electron chi connectivity index (χ3n) is 3.79. The minimum absolute atomic E-state index is 0.463. The predicted octanol–water partition coefficient (Wildman–Crippen LogP) is 2.78. The first-order valence-electron chi connectivity index (χ1n) is 6.14. The van der Waals surface area contributed by atoms with Crippen LogP contribution in [0.5, 0.6) is 0 Å². The highest BCUT2D eigenvalue weighted by atomic mass is 16.5. The van der Waals surface area contributed by atoms with Crippen LogP contribution in [0, 0.1) is 0 Å². The Morgan fingerprint density at radius 1 is 1.07 bits per heavy atom. The summed E-state index contributed by atoms with van der Waals surface area (Å²) in [6.07, 6.45) is 8.73. The van der Waals surface area contributed by atoms with Crippen molar-refractivity contribution in [1.29, 1.82) is 0 Å². The van der Waals surface area contributed by atoms with Crippen LogP contribution in [0.15, 0.2) is 0 Å². The fourth-order valence-corrected chi connectivity index (χ4v) is 2.90. The van der Waals surface area contributed by atoms with Crippen molar-refractivity contribution in [1.82, 2.24) is 4.90 Å². The second-order valence-electron chi connectivity index (χ2n) is 5.00. The van der Waals surface area contributed by atoms with Gasteiger partial charge < -0.3 is 4.74 Å². The van der Waals surface area contributed by atoms with Crippen molar-refractivity contribution in [3.8, 4) is 0 Å². The van der Waals surface area contributed by atoms with Gasteiger partial charge in [0, 0.05) is 12.1 Å². The molecule has 0 bridgehead atoms. The molecule has 1 aliphatic carbocycles. The Labute approximate surface area is 87.6 Å². The Kier molecular flexibility index (Phi) is 3.45. The Balaban J connectivity index is 1.89. The molecule has 0 aromatic rings. The second kappa shape index (κ2) is 4.63. The Morgan fingerprint density at radius 2 is 1.79 bits per heavy atom. The quantitative estimate of drug-likeness (QED) is 0.641. The molecule has 0 N–H and O–H groups in total. The van der Waals surface area contributed by atoms with Crippen LogP contribution in [0.4, 0.5) is 0 Å². The second-order valence-corrected chi connectivity index (χ2v) is 5.00. The summed E-state index contributed by atoms with van der Waals surface area (Å²) < 4.78 is 5.74. The van der Waals surface area contributed by atoms with Crippen LogP contribution in [0.2, 0.25) is 0 Å². The van der Waals surface area contributed by atoms with Crippen molar-refractivity contribution in [3.63, 3.8) is 0 Å². The molecule has 0 spiro atoms.